The predicted octanol–water partition coefficient (Wildman–Crippen LogP) is 3.33. The number of nitrogens with zero attached hydrogens (tertiary/aromatic N) is 3. The van der Waals surface area contributed by atoms with E-state index in [9.17, 15) is 9.59 Å². The quantitative estimate of drug-likeness (QED) is 0.727. The molecule has 7 heteroatoms. The van der Waals surface area contributed by atoms with Crippen LogP contribution in [0.5, 0.6) is 0 Å². The van der Waals surface area contributed by atoms with Crippen molar-refractivity contribution < 1.29 is 9.59 Å². The van der Waals surface area contributed by atoms with E-state index in [1.165, 1.54) is 5.56 Å². The summed E-state index contributed by atoms with van der Waals surface area (Å²) in [6.45, 7) is 11.7. The first-order valence-corrected chi connectivity index (χ1v) is 11.8. The van der Waals surface area contributed by atoms with Gasteiger partial charge in [0.15, 0.2) is 0 Å². The highest BCUT2D eigenvalue weighted by Crippen LogP contribution is 2.28. The van der Waals surface area contributed by atoms with Gasteiger partial charge in [-0.25, -0.2) is 4.79 Å². The van der Waals surface area contributed by atoms with Crippen molar-refractivity contribution in [3.05, 3.63) is 30.1 Å². The number of rotatable bonds is 6. The molecule has 2 saturated heterocycles. The van der Waals surface area contributed by atoms with Crippen LogP contribution in [0.25, 0.3) is 0 Å². The first kappa shape index (κ1) is 23.5. The molecule has 0 aliphatic carbocycles. The first-order valence-electron chi connectivity index (χ1n) is 11.8. The number of carbonyl (C=O) groups excluding carboxylic acids is 2. The topological polar surface area (TPSA) is 77.6 Å². The molecule has 7 nitrogen and oxygen atoms in total. The number of hydrogen-bond donors (Lipinski definition) is 2. The molecule has 3 amide bonds. The van der Waals surface area contributed by atoms with E-state index in [2.05, 4.69) is 46.5 Å². The lowest BCUT2D eigenvalue weighted by atomic mass is 9.92. The lowest BCUT2D eigenvalue weighted by Gasteiger charge is -2.39. The molecule has 31 heavy (non-hydrogen) atoms. The van der Waals surface area contributed by atoms with Crippen molar-refractivity contribution in [3.63, 3.8) is 0 Å². The molecule has 0 bridgehead atoms. The van der Waals surface area contributed by atoms with Crippen LogP contribution >= 0.6 is 0 Å². The molecule has 1 atom stereocenters. The highest BCUT2D eigenvalue weighted by molar-refractivity contribution is 5.79. The van der Waals surface area contributed by atoms with Gasteiger partial charge in [0.25, 0.3) is 0 Å². The minimum atomic E-state index is -0.204. The zero-order valence-electron chi connectivity index (χ0n) is 19.6. The van der Waals surface area contributed by atoms with Crippen LogP contribution in [0, 0.1) is 5.92 Å². The second-order valence-electron chi connectivity index (χ2n) is 9.70. The highest BCUT2D eigenvalue weighted by atomic mass is 16.2. The molecule has 1 aromatic rings. The molecule has 0 spiro atoms. The fourth-order valence-electron chi connectivity index (χ4n) is 4.51. The van der Waals surface area contributed by atoms with Crippen LogP contribution in [0.2, 0.25) is 0 Å². The summed E-state index contributed by atoms with van der Waals surface area (Å²) in [4.78, 5) is 33.9. The van der Waals surface area contributed by atoms with Gasteiger partial charge < -0.3 is 15.5 Å². The van der Waals surface area contributed by atoms with E-state index >= 15 is 0 Å². The van der Waals surface area contributed by atoms with E-state index in [0.29, 0.717) is 11.9 Å². The molecular formula is C24H39N5O2. The average Bonchev–Trinajstić information content (AvgIpc) is 2.79. The summed E-state index contributed by atoms with van der Waals surface area (Å²) in [5.74, 6) is 0.422. The Balaban J connectivity index is 1.41. The Kier molecular flexibility index (Phi) is 7.92. The molecule has 0 aromatic carbocycles. The van der Waals surface area contributed by atoms with Crippen molar-refractivity contribution in [3.8, 4) is 0 Å². The number of likely N-dealkylation sites (tertiary alicyclic amines) is 2. The average molecular weight is 430 g/mol. The molecule has 3 rings (SSSR count). The highest BCUT2D eigenvalue weighted by Gasteiger charge is 2.32. The maximum absolute atomic E-state index is 13.1. The van der Waals surface area contributed by atoms with Gasteiger partial charge in [0.2, 0.25) is 5.91 Å². The lowest BCUT2D eigenvalue weighted by molar-refractivity contribution is -0.138. The molecule has 2 aliphatic heterocycles. The molecule has 2 aliphatic rings. The van der Waals surface area contributed by atoms with Crippen LogP contribution in [0.4, 0.5) is 4.79 Å². The Morgan fingerprint density at radius 1 is 1.10 bits per heavy atom. The zero-order valence-corrected chi connectivity index (χ0v) is 19.6. The molecule has 3 heterocycles. The monoisotopic (exact) mass is 429 g/mol. The standard InChI is InChI=1S/C24H39N5O2/c1-5-24(3,4)27-23(31)26-21-10-16-29(17-11-21)22(30)20-8-14-28(15-9-20)18(2)19-6-12-25-13-7-19/h6-7,12-13,18,20-21H,5,8-11,14-17H2,1-4H3,(H2,26,27,31). The Morgan fingerprint density at radius 2 is 1.71 bits per heavy atom. The number of urea groups is 1. The summed E-state index contributed by atoms with van der Waals surface area (Å²) in [5.41, 5.74) is 1.07. The smallest absolute Gasteiger partial charge is 0.315 e. The van der Waals surface area contributed by atoms with Crippen molar-refractivity contribution >= 4 is 11.9 Å². The number of pyridine rings is 1. The van der Waals surface area contributed by atoms with Crippen molar-refractivity contribution in [2.24, 2.45) is 5.92 Å². The van der Waals surface area contributed by atoms with Crippen LogP contribution < -0.4 is 10.6 Å². The fraction of sp³-hybridized carbons (Fsp3) is 0.708. The Bertz CT molecular complexity index is 723. The number of piperidine rings is 2. The fourth-order valence-corrected chi connectivity index (χ4v) is 4.51. The van der Waals surface area contributed by atoms with Crippen molar-refractivity contribution in [2.45, 2.75) is 77.4 Å². The number of hydrogen-bond acceptors (Lipinski definition) is 4. The SMILES string of the molecule is CCC(C)(C)NC(=O)NC1CCN(C(=O)C2CCN(C(C)c3ccncc3)CC2)CC1. The second kappa shape index (κ2) is 10.4. The number of aromatic nitrogens is 1. The van der Waals surface area contributed by atoms with Gasteiger partial charge in [-0.15, -0.1) is 0 Å². The summed E-state index contributed by atoms with van der Waals surface area (Å²) in [7, 11) is 0. The van der Waals surface area contributed by atoms with Crippen molar-refractivity contribution in [1.29, 1.82) is 0 Å². The van der Waals surface area contributed by atoms with E-state index in [1.54, 1.807) is 0 Å². The van der Waals surface area contributed by atoms with Gasteiger partial charge in [-0.3, -0.25) is 14.7 Å². The third-order valence-corrected chi connectivity index (χ3v) is 7.09. The van der Waals surface area contributed by atoms with E-state index in [0.717, 1.165) is 58.3 Å². The summed E-state index contributed by atoms with van der Waals surface area (Å²) >= 11 is 0. The zero-order chi connectivity index (χ0) is 22.4. The lowest BCUT2D eigenvalue weighted by Crippen LogP contribution is -2.54. The van der Waals surface area contributed by atoms with Gasteiger partial charge in [-0.1, -0.05) is 6.92 Å². The maximum atomic E-state index is 13.1. The summed E-state index contributed by atoms with van der Waals surface area (Å²) in [5, 5.41) is 6.11. The summed E-state index contributed by atoms with van der Waals surface area (Å²) in [6.07, 6.45) is 8.05. The van der Waals surface area contributed by atoms with Gasteiger partial charge in [0.1, 0.15) is 0 Å². The van der Waals surface area contributed by atoms with Crippen LogP contribution in [-0.2, 0) is 4.79 Å². The van der Waals surface area contributed by atoms with Crippen molar-refractivity contribution in [1.82, 2.24) is 25.4 Å². The van der Waals surface area contributed by atoms with Crippen LogP contribution in [-0.4, -0.2) is 64.5 Å². The number of carbonyl (C=O) groups is 2. The number of nitrogens with one attached hydrogen (secondary N) is 2. The molecule has 2 fully saturated rings. The minimum Gasteiger partial charge on any atom is -0.342 e. The van der Waals surface area contributed by atoms with Gasteiger partial charge in [-0.2, -0.15) is 0 Å². The Morgan fingerprint density at radius 3 is 2.29 bits per heavy atom. The van der Waals surface area contributed by atoms with Gasteiger partial charge >= 0.3 is 6.03 Å². The predicted molar refractivity (Wildman–Crippen MR) is 123 cm³/mol. The maximum Gasteiger partial charge on any atom is 0.315 e. The molecule has 1 aromatic heterocycles. The van der Waals surface area contributed by atoms with E-state index in [1.807, 2.05) is 31.1 Å². The molecule has 1 unspecified atom stereocenters. The largest absolute Gasteiger partial charge is 0.342 e. The molecule has 172 valence electrons. The van der Waals surface area contributed by atoms with Gasteiger partial charge in [0, 0.05) is 49.0 Å². The van der Waals surface area contributed by atoms with Gasteiger partial charge in [-0.05, 0) is 83.7 Å². The Hall–Kier alpha value is -2.15. The van der Waals surface area contributed by atoms with Crippen LogP contribution in [0.15, 0.2) is 24.5 Å². The van der Waals surface area contributed by atoms with Crippen molar-refractivity contribution in [2.75, 3.05) is 26.2 Å². The molecule has 0 saturated carbocycles. The van der Waals surface area contributed by atoms with E-state index in [4.69, 9.17) is 0 Å². The van der Waals surface area contributed by atoms with Crippen LogP contribution in [0.3, 0.4) is 0 Å². The molecular weight excluding hydrogens is 390 g/mol. The van der Waals surface area contributed by atoms with E-state index < -0.39 is 0 Å². The summed E-state index contributed by atoms with van der Waals surface area (Å²) in [6, 6.07) is 4.53. The van der Waals surface area contributed by atoms with Crippen LogP contribution in [0.1, 0.15) is 71.4 Å². The van der Waals surface area contributed by atoms with E-state index in [-0.39, 0.29) is 23.5 Å². The summed E-state index contributed by atoms with van der Waals surface area (Å²) < 4.78 is 0. The Labute approximate surface area is 187 Å². The number of amides is 3. The minimum absolute atomic E-state index is 0.104. The first-order chi connectivity index (χ1) is 14.8. The normalized spacial score (nSPS) is 20.3. The third kappa shape index (κ3) is 6.42. The second-order valence-corrected chi connectivity index (χ2v) is 9.70. The molecule has 0 radical (unpaired) electrons. The van der Waals surface area contributed by atoms with Gasteiger partial charge in [0.05, 0.1) is 0 Å². The molecule has 2 N–H and O–H groups in total. The third-order valence-electron chi connectivity index (χ3n) is 7.09.